The number of anilines is 2. The highest BCUT2D eigenvalue weighted by atomic mass is 16.1. The quantitative estimate of drug-likeness (QED) is 0.805. The van der Waals surface area contributed by atoms with E-state index in [0.717, 1.165) is 24.2 Å². The summed E-state index contributed by atoms with van der Waals surface area (Å²) in [6, 6.07) is 17.3. The molecule has 2 aromatic rings. The fourth-order valence-electron chi connectivity index (χ4n) is 1.95. The SMILES string of the molecule is Nc1cccc(CCCC(=O)Nc2ccccc2)c1. The Morgan fingerprint density at radius 1 is 1.05 bits per heavy atom. The number of carbonyl (C=O) groups excluding carboxylic acids is 1. The molecule has 0 heterocycles. The molecule has 0 spiro atoms. The molecule has 0 aromatic heterocycles. The zero-order valence-electron chi connectivity index (χ0n) is 10.8. The molecule has 3 N–H and O–H groups in total. The second kappa shape index (κ2) is 6.59. The number of benzene rings is 2. The Kier molecular flexibility index (Phi) is 4.56. The molecular weight excluding hydrogens is 236 g/mol. The average molecular weight is 254 g/mol. The molecule has 0 fully saturated rings. The van der Waals surface area contributed by atoms with Crippen LogP contribution < -0.4 is 11.1 Å². The molecule has 0 unspecified atom stereocenters. The first-order valence-electron chi connectivity index (χ1n) is 6.43. The van der Waals surface area contributed by atoms with E-state index in [1.807, 2.05) is 54.6 Å². The van der Waals surface area contributed by atoms with Crippen LogP contribution in [0.15, 0.2) is 54.6 Å². The van der Waals surface area contributed by atoms with Gasteiger partial charge in [-0.25, -0.2) is 0 Å². The molecule has 1 amide bonds. The fourth-order valence-corrected chi connectivity index (χ4v) is 1.95. The van der Waals surface area contributed by atoms with Gasteiger partial charge in [0.15, 0.2) is 0 Å². The number of nitrogens with two attached hydrogens (primary N) is 1. The average Bonchev–Trinajstić information content (AvgIpc) is 2.40. The van der Waals surface area contributed by atoms with Crippen LogP contribution in [-0.2, 0) is 11.2 Å². The molecule has 0 saturated heterocycles. The van der Waals surface area contributed by atoms with Gasteiger partial charge in [0.1, 0.15) is 0 Å². The number of hydrogen-bond acceptors (Lipinski definition) is 2. The lowest BCUT2D eigenvalue weighted by Crippen LogP contribution is -2.11. The van der Waals surface area contributed by atoms with Crippen molar-refractivity contribution >= 4 is 17.3 Å². The molecule has 0 radical (unpaired) electrons. The molecule has 0 saturated carbocycles. The minimum absolute atomic E-state index is 0.0510. The topological polar surface area (TPSA) is 55.1 Å². The summed E-state index contributed by atoms with van der Waals surface area (Å²) < 4.78 is 0. The largest absolute Gasteiger partial charge is 0.399 e. The second-order valence-electron chi connectivity index (χ2n) is 4.51. The number of hydrogen-bond donors (Lipinski definition) is 2. The Bertz CT molecular complexity index is 537. The number of rotatable bonds is 5. The van der Waals surface area contributed by atoms with E-state index in [4.69, 9.17) is 5.73 Å². The Labute approximate surface area is 113 Å². The first-order valence-corrected chi connectivity index (χ1v) is 6.43. The van der Waals surface area contributed by atoms with Crippen LogP contribution in [0.1, 0.15) is 18.4 Å². The van der Waals surface area contributed by atoms with E-state index in [-0.39, 0.29) is 5.91 Å². The molecule has 19 heavy (non-hydrogen) atoms. The normalized spacial score (nSPS) is 10.1. The van der Waals surface area contributed by atoms with Crippen LogP contribution in [0.2, 0.25) is 0 Å². The van der Waals surface area contributed by atoms with E-state index >= 15 is 0 Å². The lowest BCUT2D eigenvalue weighted by atomic mass is 10.1. The lowest BCUT2D eigenvalue weighted by molar-refractivity contribution is -0.116. The summed E-state index contributed by atoms with van der Waals surface area (Å²) in [6.07, 6.45) is 2.21. The lowest BCUT2D eigenvalue weighted by Gasteiger charge is -2.05. The summed E-state index contributed by atoms with van der Waals surface area (Å²) in [7, 11) is 0. The van der Waals surface area contributed by atoms with Gasteiger partial charge in [0.25, 0.3) is 0 Å². The van der Waals surface area contributed by atoms with Crippen LogP contribution in [0, 0.1) is 0 Å². The van der Waals surface area contributed by atoms with E-state index in [1.165, 1.54) is 5.56 Å². The van der Waals surface area contributed by atoms with Crippen LogP contribution in [0.5, 0.6) is 0 Å². The Balaban J connectivity index is 1.75. The molecule has 0 atom stereocenters. The van der Waals surface area contributed by atoms with Gasteiger partial charge in [-0.1, -0.05) is 30.3 Å². The van der Waals surface area contributed by atoms with Gasteiger partial charge >= 0.3 is 0 Å². The molecule has 0 aliphatic carbocycles. The monoisotopic (exact) mass is 254 g/mol. The van der Waals surface area contributed by atoms with Gasteiger partial charge < -0.3 is 11.1 Å². The van der Waals surface area contributed by atoms with Gasteiger partial charge in [0.05, 0.1) is 0 Å². The van der Waals surface area contributed by atoms with Crippen molar-refractivity contribution in [2.75, 3.05) is 11.1 Å². The summed E-state index contributed by atoms with van der Waals surface area (Å²) in [4.78, 5) is 11.7. The van der Waals surface area contributed by atoms with Crippen LogP contribution in [0.3, 0.4) is 0 Å². The van der Waals surface area contributed by atoms with Gasteiger partial charge in [-0.3, -0.25) is 4.79 Å². The first kappa shape index (κ1) is 13.1. The molecular formula is C16H18N2O. The number of para-hydroxylation sites is 1. The van der Waals surface area contributed by atoms with Crippen molar-refractivity contribution in [1.29, 1.82) is 0 Å². The van der Waals surface area contributed by atoms with Crippen molar-refractivity contribution in [1.82, 2.24) is 0 Å². The van der Waals surface area contributed by atoms with E-state index in [2.05, 4.69) is 5.32 Å². The van der Waals surface area contributed by atoms with E-state index in [9.17, 15) is 4.79 Å². The smallest absolute Gasteiger partial charge is 0.224 e. The number of carbonyl (C=O) groups is 1. The fraction of sp³-hybridized carbons (Fsp3) is 0.188. The highest BCUT2D eigenvalue weighted by molar-refractivity contribution is 5.90. The van der Waals surface area contributed by atoms with Crippen LogP contribution >= 0.6 is 0 Å². The Morgan fingerprint density at radius 3 is 2.58 bits per heavy atom. The Morgan fingerprint density at radius 2 is 1.84 bits per heavy atom. The van der Waals surface area contributed by atoms with Crippen molar-refractivity contribution in [2.45, 2.75) is 19.3 Å². The van der Waals surface area contributed by atoms with E-state index in [0.29, 0.717) is 6.42 Å². The number of amides is 1. The van der Waals surface area contributed by atoms with Crippen molar-refractivity contribution < 1.29 is 4.79 Å². The van der Waals surface area contributed by atoms with Gasteiger partial charge in [0.2, 0.25) is 5.91 Å². The van der Waals surface area contributed by atoms with Gasteiger partial charge in [-0.15, -0.1) is 0 Å². The minimum Gasteiger partial charge on any atom is -0.399 e. The summed E-state index contributed by atoms with van der Waals surface area (Å²) in [5.41, 5.74) is 8.50. The van der Waals surface area contributed by atoms with Crippen LogP contribution in [0.25, 0.3) is 0 Å². The standard InChI is InChI=1S/C16H18N2O/c17-14-8-4-6-13(12-14)7-5-11-16(19)18-15-9-2-1-3-10-15/h1-4,6,8-10,12H,5,7,11,17H2,(H,18,19). The molecule has 0 bridgehead atoms. The van der Waals surface area contributed by atoms with E-state index < -0.39 is 0 Å². The van der Waals surface area contributed by atoms with Gasteiger partial charge in [0, 0.05) is 17.8 Å². The summed E-state index contributed by atoms with van der Waals surface area (Å²) in [6.45, 7) is 0. The molecule has 3 nitrogen and oxygen atoms in total. The maximum absolute atomic E-state index is 11.7. The molecule has 2 rings (SSSR count). The number of aryl methyl sites for hydroxylation is 1. The van der Waals surface area contributed by atoms with Gasteiger partial charge in [-0.05, 0) is 42.7 Å². The molecule has 98 valence electrons. The second-order valence-corrected chi connectivity index (χ2v) is 4.51. The zero-order chi connectivity index (χ0) is 13.5. The molecule has 0 aliphatic heterocycles. The minimum atomic E-state index is 0.0510. The molecule has 0 aliphatic rings. The van der Waals surface area contributed by atoms with Crippen molar-refractivity contribution in [3.05, 3.63) is 60.2 Å². The Hall–Kier alpha value is -2.29. The van der Waals surface area contributed by atoms with E-state index in [1.54, 1.807) is 0 Å². The predicted octanol–water partition coefficient (Wildman–Crippen LogP) is 3.23. The summed E-state index contributed by atoms with van der Waals surface area (Å²) in [5, 5.41) is 2.88. The molecule has 2 aromatic carbocycles. The number of nitrogen functional groups attached to an aromatic ring is 1. The van der Waals surface area contributed by atoms with Crippen molar-refractivity contribution in [3.8, 4) is 0 Å². The third kappa shape index (κ3) is 4.47. The molecule has 3 heteroatoms. The highest BCUT2D eigenvalue weighted by Crippen LogP contribution is 2.11. The third-order valence-electron chi connectivity index (χ3n) is 2.88. The van der Waals surface area contributed by atoms with Crippen LogP contribution in [-0.4, -0.2) is 5.91 Å². The van der Waals surface area contributed by atoms with Crippen molar-refractivity contribution in [2.24, 2.45) is 0 Å². The zero-order valence-corrected chi connectivity index (χ0v) is 10.8. The number of nitrogens with one attached hydrogen (secondary N) is 1. The first-order chi connectivity index (χ1) is 9.24. The summed E-state index contributed by atoms with van der Waals surface area (Å²) >= 11 is 0. The maximum atomic E-state index is 11.7. The van der Waals surface area contributed by atoms with Crippen LogP contribution in [0.4, 0.5) is 11.4 Å². The highest BCUT2D eigenvalue weighted by Gasteiger charge is 2.02. The van der Waals surface area contributed by atoms with Crippen molar-refractivity contribution in [3.63, 3.8) is 0 Å². The maximum Gasteiger partial charge on any atom is 0.224 e. The predicted molar refractivity (Wildman–Crippen MR) is 78.9 cm³/mol. The summed E-state index contributed by atoms with van der Waals surface area (Å²) in [5.74, 6) is 0.0510. The third-order valence-corrected chi connectivity index (χ3v) is 2.88. The van der Waals surface area contributed by atoms with Gasteiger partial charge in [-0.2, -0.15) is 0 Å².